The van der Waals surface area contributed by atoms with E-state index in [1.807, 2.05) is 21.6 Å². The van der Waals surface area contributed by atoms with E-state index in [2.05, 4.69) is 51.7 Å². The molecule has 0 aliphatic carbocycles. The van der Waals surface area contributed by atoms with Crippen LogP contribution in [0.25, 0.3) is 0 Å². The van der Waals surface area contributed by atoms with Gasteiger partial charge in [0, 0.05) is 9.49 Å². The van der Waals surface area contributed by atoms with E-state index < -0.39 is 0 Å². The number of nitrogens with zero attached hydrogens (tertiary/aromatic N) is 2. The van der Waals surface area contributed by atoms with Crippen LogP contribution in [0, 0.1) is 0 Å². The van der Waals surface area contributed by atoms with E-state index in [1.54, 1.807) is 72.2 Å². The largest absolute Gasteiger partial charge is 0.186 e. The van der Waals surface area contributed by atoms with Gasteiger partial charge in [-0.1, -0.05) is 74.5 Å². The average molecular weight is 455 g/mol. The summed E-state index contributed by atoms with van der Waals surface area (Å²) in [6, 6.07) is 0. The number of hydrogen-bond donors (Lipinski definition) is 0. The zero-order valence-electron chi connectivity index (χ0n) is 12.6. The molecule has 0 N–H and O–H groups in total. The van der Waals surface area contributed by atoms with Crippen LogP contribution in [-0.4, -0.2) is 19.7 Å². The van der Waals surface area contributed by atoms with Gasteiger partial charge in [0.25, 0.3) is 0 Å². The maximum absolute atomic E-state index is 4.22. The molecule has 0 saturated carbocycles. The Morgan fingerprint density at radius 1 is 0.667 bits per heavy atom. The molecule has 21 heavy (non-hydrogen) atoms. The smallest absolute Gasteiger partial charge is 0.130 e. The van der Waals surface area contributed by atoms with Gasteiger partial charge < -0.3 is 0 Å². The SMILES string of the molecule is CC(C)(C)SSSSc1nnc(SSSSC(C)(C)C)s1. The van der Waals surface area contributed by atoms with E-state index in [9.17, 15) is 0 Å². The highest BCUT2D eigenvalue weighted by atomic mass is 33.7. The lowest BCUT2D eigenvalue weighted by molar-refractivity contribution is 0.810. The van der Waals surface area contributed by atoms with Crippen LogP contribution in [0.3, 0.4) is 0 Å². The van der Waals surface area contributed by atoms with Gasteiger partial charge in [-0.25, -0.2) is 0 Å². The van der Waals surface area contributed by atoms with Crippen LogP contribution in [0.2, 0.25) is 0 Å². The van der Waals surface area contributed by atoms with Gasteiger partial charge in [0.15, 0.2) is 8.68 Å². The molecule has 0 aliphatic heterocycles. The van der Waals surface area contributed by atoms with E-state index in [4.69, 9.17) is 0 Å². The van der Waals surface area contributed by atoms with Gasteiger partial charge in [-0.3, -0.25) is 0 Å². The van der Waals surface area contributed by atoms with Gasteiger partial charge in [-0.05, 0) is 60.9 Å². The molecule has 0 unspecified atom stereocenters. The van der Waals surface area contributed by atoms with Crippen molar-refractivity contribution in [1.29, 1.82) is 0 Å². The molecule has 11 heteroatoms. The maximum atomic E-state index is 4.22. The van der Waals surface area contributed by atoms with Crippen molar-refractivity contribution in [2.24, 2.45) is 0 Å². The molecule has 0 bridgehead atoms. The minimum atomic E-state index is 0.291. The molecule has 0 aliphatic rings. The first-order valence-corrected chi connectivity index (χ1v) is 16.3. The average Bonchev–Trinajstić information content (AvgIpc) is 2.76. The number of hydrogen-bond acceptors (Lipinski definition) is 11. The van der Waals surface area contributed by atoms with Crippen LogP contribution >= 0.6 is 93.8 Å². The lowest BCUT2D eigenvalue weighted by atomic mass is 10.3. The van der Waals surface area contributed by atoms with Gasteiger partial charge >= 0.3 is 0 Å². The zero-order chi connectivity index (χ0) is 15.9. The minimum Gasteiger partial charge on any atom is -0.130 e. The molecule has 0 saturated heterocycles. The van der Waals surface area contributed by atoms with Crippen molar-refractivity contribution in [2.75, 3.05) is 0 Å². The fourth-order valence-electron chi connectivity index (χ4n) is 0.582. The predicted octanol–water partition coefficient (Wildman–Crippen LogP) is 8.21. The summed E-state index contributed by atoms with van der Waals surface area (Å²) in [4.78, 5) is 0. The van der Waals surface area contributed by atoms with Crippen molar-refractivity contribution >= 4 is 93.8 Å². The first-order chi connectivity index (χ1) is 9.66. The van der Waals surface area contributed by atoms with E-state index in [0.29, 0.717) is 9.49 Å². The Labute approximate surface area is 162 Å². The topological polar surface area (TPSA) is 25.8 Å². The van der Waals surface area contributed by atoms with Gasteiger partial charge in [0.05, 0.1) is 0 Å². The molecule has 1 aromatic rings. The second kappa shape index (κ2) is 10.4. The first kappa shape index (κ1) is 21.4. The Kier molecular flexibility index (Phi) is 10.6. The lowest BCUT2D eigenvalue weighted by Gasteiger charge is -2.14. The number of aromatic nitrogens is 2. The van der Waals surface area contributed by atoms with Crippen LogP contribution in [0.15, 0.2) is 8.68 Å². The summed E-state index contributed by atoms with van der Waals surface area (Å²) in [6.45, 7) is 13.3. The Balaban J connectivity index is 2.18. The predicted molar refractivity (Wildman–Crippen MR) is 117 cm³/mol. The second-order valence-electron chi connectivity index (χ2n) is 5.66. The molecular formula is C10H18N2S9. The molecular weight excluding hydrogens is 437 g/mol. The molecule has 2 nitrogen and oxygen atoms in total. The summed E-state index contributed by atoms with van der Waals surface area (Å²) in [5, 5.41) is 8.43. The van der Waals surface area contributed by atoms with E-state index in [-0.39, 0.29) is 0 Å². The van der Waals surface area contributed by atoms with E-state index in [1.165, 1.54) is 0 Å². The Hall–Kier alpha value is 2.36. The minimum absolute atomic E-state index is 0.291. The monoisotopic (exact) mass is 454 g/mol. The van der Waals surface area contributed by atoms with Gasteiger partial charge in [0.1, 0.15) is 0 Å². The molecule has 1 heterocycles. The molecule has 0 amide bonds. The third kappa shape index (κ3) is 12.4. The standard InChI is InChI=1S/C10H18N2S9/c1-9(2,3)16-20-18-14-7-11-12-8(13-7)15-19-21-17-10(4,5)6/h1-6H3. The third-order valence-corrected chi connectivity index (χ3v) is 16.7. The van der Waals surface area contributed by atoms with Gasteiger partial charge in [-0.2, -0.15) is 0 Å². The normalized spacial score (nSPS) is 12.9. The third-order valence-electron chi connectivity index (χ3n) is 1.22. The van der Waals surface area contributed by atoms with Crippen molar-refractivity contribution in [1.82, 2.24) is 10.2 Å². The van der Waals surface area contributed by atoms with Gasteiger partial charge in [-0.15, -0.1) is 10.2 Å². The van der Waals surface area contributed by atoms with Crippen molar-refractivity contribution < 1.29 is 0 Å². The molecule has 122 valence electrons. The Morgan fingerprint density at radius 3 is 1.38 bits per heavy atom. The van der Waals surface area contributed by atoms with Crippen LogP contribution in [0.5, 0.6) is 0 Å². The number of rotatable bonds is 8. The fraction of sp³-hybridized carbons (Fsp3) is 0.800. The van der Waals surface area contributed by atoms with Crippen LogP contribution in [0.4, 0.5) is 0 Å². The lowest BCUT2D eigenvalue weighted by Crippen LogP contribution is -2.03. The summed E-state index contributed by atoms with van der Waals surface area (Å²) >= 11 is 1.67. The molecule has 0 fully saturated rings. The van der Waals surface area contributed by atoms with Crippen molar-refractivity contribution in [3.8, 4) is 0 Å². The van der Waals surface area contributed by atoms with Crippen molar-refractivity contribution in [2.45, 2.75) is 59.7 Å². The fourth-order valence-corrected chi connectivity index (χ4v) is 15.5. The first-order valence-electron chi connectivity index (χ1n) is 5.87. The summed E-state index contributed by atoms with van der Waals surface area (Å²) in [6.07, 6.45) is 0. The summed E-state index contributed by atoms with van der Waals surface area (Å²) < 4.78 is 2.63. The van der Waals surface area contributed by atoms with Crippen LogP contribution in [-0.2, 0) is 0 Å². The highest BCUT2D eigenvalue weighted by molar-refractivity contribution is 9.26. The van der Waals surface area contributed by atoms with Crippen molar-refractivity contribution in [3.63, 3.8) is 0 Å². The van der Waals surface area contributed by atoms with Crippen LogP contribution in [0.1, 0.15) is 41.5 Å². The summed E-state index contributed by atoms with van der Waals surface area (Å²) in [5.74, 6) is 0. The quantitative estimate of drug-likeness (QED) is 0.282. The molecule has 1 rings (SSSR count). The summed E-state index contributed by atoms with van der Waals surface area (Å²) in [5.41, 5.74) is 0. The van der Waals surface area contributed by atoms with Crippen LogP contribution < -0.4 is 0 Å². The second-order valence-corrected chi connectivity index (χ2v) is 20.1. The highest BCUT2D eigenvalue weighted by Gasteiger charge is 2.14. The zero-order valence-corrected chi connectivity index (χ0v) is 19.9. The molecule has 1 aromatic heterocycles. The molecule has 0 radical (unpaired) electrons. The Bertz CT molecular complexity index is 373. The molecule has 0 atom stereocenters. The maximum Gasteiger partial charge on any atom is 0.186 e. The Morgan fingerprint density at radius 2 is 1.05 bits per heavy atom. The van der Waals surface area contributed by atoms with Gasteiger partial charge in [0.2, 0.25) is 0 Å². The summed E-state index contributed by atoms with van der Waals surface area (Å²) in [7, 11) is 14.3. The van der Waals surface area contributed by atoms with E-state index in [0.717, 1.165) is 8.68 Å². The van der Waals surface area contributed by atoms with Crippen molar-refractivity contribution in [3.05, 3.63) is 0 Å². The van der Waals surface area contributed by atoms with E-state index >= 15 is 0 Å². The highest BCUT2D eigenvalue weighted by Crippen LogP contribution is 2.54. The molecule has 0 aromatic carbocycles. The molecule has 0 spiro atoms.